The summed E-state index contributed by atoms with van der Waals surface area (Å²) in [5.74, 6) is -1.64. The van der Waals surface area contributed by atoms with Crippen molar-refractivity contribution in [3.63, 3.8) is 0 Å². The summed E-state index contributed by atoms with van der Waals surface area (Å²) in [6.07, 6.45) is -3.21. The average Bonchev–Trinajstić information content (AvgIpc) is 2.55. The molecule has 0 unspecified atom stereocenters. The molecule has 0 radical (unpaired) electrons. The van der Waals surface area contributed by atoms with Gasteiger partial charge in [0, 0.05) is 0 Å². The normalized spacial score (nSPS) is 11.1. The molecule has 0 bridgehead atoms. The summed E-state index contributed by atoms with van der Waals surface area (Å²) in [6.45, 7) is 3.63. The topological polar surface area (TPSA) is 55.8 Å². The summed E-state index contributed by atoms with van der Waals surface area (Å²) in [4.78, 5) is 10.9. The zero-order valence-electron chi connectivity index (χ0n) is 12.9. The molecule has 0 aromatic heterocycles. The first-order valence-electron chi connectivity index (χ1n) is 6.79. The van der Waals surface area contributed by atoms with E-state index in [0.29, 0.717) is 15.2 Å². The van der Waals surface area contributed by atoms with Crippen LogP contribution in [0.1, 0.15) is 21.5 Å². The highest BCUT2D eigenvalue weighted by atomic mass is 127. The van der Waals surface area contributed by atoms with Gasteiger partial charge in [-0.1, -0.05) is 12.7 Å². The summed E-state index contributed by atoms with van der Waals surface area (Å²) in [6, 6.07) is 5.80. The number of rotatable bonds is 5. The molecule has 2 aromatic rings. The lowest BCUT2D eigenvalue weighted by molar-refractivity contribution is -0.138. The van der Waals surface area contributed by atoms with Gasteiger partial charge in [0.25, 0.3) is 0 Å². The van der Waals surface area contributed by atoms with Crippen LogP contribution in [-0.4, -0.2) is 18.2 Å². The highest BCUT2D eigenvalue weighted by Crippen LogP contribution is 2.42. The molecule has 1 N–H and O–H groups in total. The van der Waals surface area contributed by atoms with Crippen molar-refractivity contribution in [2.45, 2.75) is 6.18 Å². The molecule has 4 nitrogen and oxygen atoms in total. The van der Waals surface area contributed by atoms with Crippen LogP contribution in [-0.2, 0) is 6.18 Å². The van der Waals surface area contributed by atoms with E-state index >= 15 is 0 Å². The van der Waals surface area contributed by atoms with Gasteiger partial charge in [-0.05, 0) is 58.5 Å². The smallest absolute Gasteiger partial charge is 0.420 e. The number of carboxylic acid groups (broad SMARTS) is 1. The largest absolute Gasteiger partial charge is 0.493 e. The first-order valence-corrected chi connectivity index (χ1v) is 7.87. The average molecular weight is 464 g/mol. The number of hydrogen-bond donors (Lipinski definition) is 1. The molecule has 25 heavy (non-hydrogen) atoms. The summed E-state index contributed by atoms with van der Waals surface area (Å²) < 4.78 is 51.0. The Morgan fingerprint density at radius 1 is 1.24 bits per heavy atom. The maximum atomic E-state index is 13.3. The molecular weight excluding hydrogens is 452 g/mol. The Balaban J connectivity index is 2.57. The number of ether oxygens (including phenoxy) is 2. The minimum Gasteiger partial charge on any atom is -0.493 e. The van der Waals surface area contributed by atoms with Gasteiger partial charge in [0.05, 0.1) is 21.8 Å². The van der Waals surface area contributed by atoms with Gasteiger partial charge in [0.15, 0.2) is 11.5 Å². The first kappa shape index (κ1) is 19.1. The highest BCUT2D eigenvalue weighted by Gasteiger charge is 2.35. The second kappa shape index (κ2) is 7.34. The molecular formula is C17H12F3IO4. The van der Waals surface area contributed by atoms with E-state index in [9.17, 15) is 18.0 Å². The first-order chi connectivity index (χ1) is 11.7. The predicted octanol–water partition coefficient (Wildman–Crippen LogP) is 5.45. The summed E-state index contributed by atoms with van der Waals surface area (Å²) in [5, 5.41) is 8.90. The van der Waals surface area contributed by atoms with E-state index < -0.39 is 29.0 Å². The second-order valence-electron chi connectivity index (χ2n) is 4.85. The van der Waals surface area contributed by atoms with Crippen LogP contribution in [0.4, 0.5) is 13.2 Å². The molecule has 0 aliphatic heterocycles. The number of aromatic carboxylic acids is 1. The van der Waals surface area contributed by atoms with Gasteiger partial charge in [-0.2, -0.15) is 13.2 Å². The maximum Gasteiger partial charge on any atom is 0.420 e. The van der Waals surface area contributed by atoms with E-state index in [-0.39, 0.29) is 11.5 Å². The number of halogens is 4. The van der Waals surface area contributed by atoms with Gasteiger partial charge >= 0.3 is 12.1 Å². The van der Waals surface area contributed by atoms with Crippen molar-refractivity contribution in [1.29, 1.82) is 0 Å². The number of carboxylic acids is 1. The van der Waals surface area contributed by atoms with Gasteiger partial charge in [0.1, 0.15) is 5.75 Å². The van der Waals surface area contributed by atoms with Crippen molar-refractivity contribution in [3.8, 4) is 17.2 Å². The monoisotopic (exact) mass is 464 g/mol. The van der Waals surface area contributed by atoms with Crippen LogP contribution in [0.25, 0.3) is 6.08 Å². The number of benzene rings is 2. The molecule has 0 spiro atoms. The van der Waals surface area contributed by atoms with E-state index in [1.54, 1.807) is 18.2 Å². The molecule has 0 aliphatic carbocycles. The van der Waals surface area contributed by atoms with Crippen LogP contribution in [0.2, 0.25) is 0 Å². The Morgan fingerprint density at radius 3 is 2.44 bits per heavy atom. The Kier molecular flexibility index (Phi) is 5.61. The van der Waals surface area contributed by atoms with Gasteiger partial charge in [0.2, 0.25) is 0 Å². The molecule has 0 aliphatic rings. The molecule has 2 rings (SSSR count). The third-order valence-corrected chi connectivity index (χ3v) is 4.03. The van der Waals surface area contributed by atoms with Crippen molar-refractivity contribution in [3.05, 3.63) is 57.2 Å². The molecule has 0 atom stereocenters. The van der Waals surface area contributed by atoms with Gasteiger partial charge < -0.3 is 14.6 Å². The summed E-state index contributed by atoms with van der Waals surface area (Å²) >= 11 is 1.91. The third-order valence-electron chi connectivity index (χ3n) is 3.23. The minimum absolute atomic E-state index is 0.0993. The van der Waals surface area contributed by atoms with E-state index in [1.807, 2.05) is 22.6 Å². The van der Waals surface area contributed by atoms with Crippen molar-refractivity contribution < 1.29 is 32.5 Å². The van der Waals surface area contributed by atoms with E-state index in [2.05, 4.69) is 6.58 Å². The minimum atomic E-state index is -4.78. The molecule has 0 heterocycles. The quantitative estimate of drug-likeness (QED) is 0.598. The van der Waals surface area contributed by atoms with Crippen molar-refractivity contribution >= 4 is 34.6 Å². The van der Waals surface area contributed by atoms with Gasteiger partial charge in [-0.25, -0.2) is 4.79 Å². The van der Waals surface area contributed by atoms with Crippen LogP contribution in [0.3, 0.4) is 0 Å². The highest BCUT2D eigenvalue weighted by molar-refractivity contribution is 14.1. The zero-order valence-corrected chi connectivity index (χ0v) is 15.0. The Hall–Kier alpha value is -2.23. The van der Waals surface area contributed by atoms with Crippen LogP contribution in [0.15, 0.2) is 36.9 Å². The van der Waals surface area contributed by atoms with Crippen LogP contribution in [0.5, 0.6) is 17.2 Å². The lowest BCUT2D eigenvalue weighted by Crippen LogP contribution is -2.10. The fourth-order valence-electron chi connectivity index (χ4n) is 2.04. The van der Waals surface area contributed by atoms with Crippen LogP contribution < -0.4 is 9.47 Å². The SMILES string of the molecule is C=Cc1cc(I)c(Oc2ccc(C(=O)O)cc2C(F)(F)F)c(OC)c1. The van der Waals surface area contributed by atoms with Gasteiger partial charge in [-0.3, -0.25) is 0 Å². The molecule has 0 saturated heterocycles. The number of carbonyl (C=O) groups is 1. The van der Waals surface area contributed by atoms with Crippen LogP contribution in [0, 0.1) is 3.57 Å². The van der Waals surface area contributed by atoms with Crippen molar-refractivity contribution in [2.75, 3.05) is 7.11 Å². The number of hydrogen-bond acceptors (Lipinski definition) is 3. The standard InChI is InChI=1S/C17H12F3IO4/c1-3-9-6-12(21)15(14(7-9)24-2)25-13-5-4-10(16(22)23)8-11(13)17(18,19)20/h3-8H,1H2,2H3,(H,22,23). The molecule has 0 saturated carbocycles. The fourth-order valence-corrected chi connectivity index (χ4v) is 2.78. The zero-order chi connectivity index (χ0) is 18.8. The molecule has 2 aromatic carbocycles. The van der Waals surface area contributed by atoms with Crippen molar-refractivity contribution in [1.82, 2.24) is 0 Å². The van der Waals surface area contributed by atoms with Crippen molar-refractivity contribution in [2.24, 2.45) is 0 Å². The van der Waals surface area contributed by atoms with E-state index in [4.69, 9.17) is 14.6 Å². The summed E-state index contributed by atoms with van der Waals surface area (Å²) in [5.41, 5.74) is -0.952. The third kappa shape index (κ3) is 4.25. The second-order valence-corrected chi connectivity index (χ2v) is 6.02. The Morgan fingerprint density at radius 2 is 1.92 bits per heavy atom. The Bertz CT molecular complexity index is 831. The number of methoxy groups -OCH3 is 1. The lowest BCUT2D eigenvalue weighted by Gasteiger charge is -2.17. The Labute approximate surface area is 155 Å². The van der Waals surface area contributed by atoms with Gasteiger partial charge in [-0.15, -0.1) is 0 Å². The lowest BCUT2D eigenvalue weighted by atomic mass is 10.1. The molecule has 0 amide bonds. The fraction of sp³-hybridized carbons (Fsp3) is 0.118. The van der Waals surface area contributed by atoms with Crippen LogP contribution >= 0.6 is 22.6 Å². The predicted molar refractivity (Wildman–Crippen MR) is 94.3 cm³/mol. The molecule has 132 valence electrons. The molecule has 0 fully saturated rings. The van der Waals surface area contributed by atoms with E-state index in [1.165, 1.54) is 7.11 Å². The number of alkyl halides is 3. The van der Waals surface area contributed by atoms with E-state index in [0.717, 1.165) is 12.1 Å². The molecule has 8 heteroatoms. The summed E-state index contributed by atoms with van der Waals surface area (Å²) in [7, 11) is 1.36. The maximum absolute atomic E-state index is 13.3.